The molecule has 0 atom stereocenters. The number of rotatable bonds is 4. The third-order valence-electron chi connectivity index (χ3n) is 6.58. The molecule has 2 N–H and O–H groups in total. The zero-order valence-corrected chi connectivity index (χ0v) is 19.3. The van der Waals surface area contributed by atoms with E-state index in [1.807, 2.05) is 0 Å². The Bertz CT molecular complexity index is 1620. The van der Waals surface area contributed by atoms with Gasteiger partial charge in [0.25, 0.3) is 11.5 Å². The smallest absolute Gasteiger partial charge is 0.337 e. The standard InChI is InChI=1S/C26H21F3N4O4/c27-15-11-20-23(30-13-15)32(18-7-10-21(28)22(29)12-18)26(37)33(25(20)36)17-5-3-16(4-6-17)31-24(35)14-1-8-19(34)9-2-14/h1-2,7-13,16-17,34H,3-6H2,(H,31,35)/t16-,17+. The number of nitrogens with one attached hydrogen (secondary N) is 1. The quantitative estimate of drug-likeness (QED) is 0.437. The van der Waals surface area contributed by atoms with Crippen LogP contribution in [0.25, 0.3) is 16.7 Å². The molecule has 2 aromatic carbocycles. The fraction of sp³-hybridized carbons (Fsp3) is 0.231. The predicted octanol–water partition coefficient (Wildman–Crippen LogP) is 3.58. The first-order chi connectivity index (χ1) is 17.7. The highest BCUT2D eigenvalue weighted by molar-refractivity contribution is 5.94. The first kappa shape index (κ1) is 24.3. The molecule has 0 saturated heterocycles. The van der Waals surface area contributed by atoms with Gasteiger partial charge in [-0.05, 0) is 68.1 Å². The van der Waals surface area contributed by atoms with Gasteiger partial charge in [0.15, 0.2) is 17.3 Å². The van der Waals surface area contributed by atoms with Crippen LogP contribution in [-0.4, -0.2) is 31.2 Å². The van der Waals surface area contributed by atoms with Crippen molar-refractivity contribution in [3.05, 3.63) is 98.6 Å². The van der Waals surface area contributed by atoms with E-state index in [-0.39, 0.29) is 34.4 Å². The van der Waals surface area contributed by atoms with Crippen LogP contribution in [0.3, 0.4) is 0 Å². The largest absolute Gasteiger partial charge is 0.508 e. The van der Waals surface area contributed by atoms with E-state index in [2.05, 4.69) is 10.3 Å². The Morgan fingerprint density at radius 2 is 1.65 bits per heavy atom. The molecule has 1 aliphatic rings. The molecule has 1 amide bonds. The number of hydrogen-bond acceptors (Lipinski definition) is 5. The Hall–Kier alpha value is -4.41. The summed E-state index contributed by atoms with van der Waals surface area (Å²) in [6.45, 7) is 0. The number of pyridine rings is 1. The molecule has 1 fully saturated rings. The maximum atomic E-state index is 14.0. The second kappa shape index (κ2) is 9.57. The summed E-state index contributed by atoms with van der Waals surface area (Å²) in [5, 5.41) is 12.1. The number of amides is 1. The van der Waals surface area contributed by atoms with E-state index in [1.165, 1.54) is 30.3 Å². The maximum Gasteiger partial charge on any atom is 0.337 e. The number of halogens is 3. The van der Waals surface area contributed by atoms with E-state index >= 15 is 0 Å². The first-order valence-electron chi connectivity index (χ1n) is 11.6. The molecular formula is C26H21F3N4O4. The Labute approximate surface area is 207 Å². The zero-order chi connectivity index (χ0) is 26.3. The predicted molar refractivity (Wildman–Crippen MR) is 128 cm³/mol. The van der Waals surface area contributed by atoms with E-state index in [0.717, 1.165) is 33.5 Å². The minimum atomic E-state index is -1.19. The van der Waals surface area contributed by atoms with Crippen molar-refractivity contribution < 1.29 is 23.1 Å². The summed E-state index contributed by atoms with van der Waals surface area (Å²) < 4.78 is 43.5. The second-order valence-electron chi connectivity index (χ2n) is 8.94. The SMILES string of the molecule is O=C(N[C@H]1CC[C@@H](n2c(=O)c3cc(F)cnc3n(-c3ccc(F)c(F)c3)c2=O)CC1)c1ccc(O)cc1. The lowest BCUT2D eigenvalue weighted by Crippen LogP contribution is -2.45. The average Bonchev–Trinajstić information content (AvgIpc) is 2.88. The van der Waals surface area contributed by atoms with Gasteiger partial charge in [-0.15, -0.1) is 0 Å². The van der Waals surface area contributed by atoms with Crippen LogP contribution >= 0.6 is 0 Å². The van der Waals surface area contributed by atoms with Gasteiger partial charge >= 0.3 is 5.69 Å². The minimum absolute atomic E-state index is 0.0435. The molecule has 8 nitrogen and oxygen atoms in total. The monoisotopic (exact) mass is 510 g/mol. The van der Waals surface area contributed by atoms with Crippen molar-refractivity contribution in [1.29, 1.82) is 0 Å². The van der Waals surface area contributed by atoms with Crippen molar-refractivity contribution in [2.24, 2.45) is 0 Å². The van der Waals surface area contributed by atoms with Crippen molar-refractivity contribution in [3.8, 4) is 11.4 Å². The minimum Gasteiger partial charge on any atom is -0.508 e. The molecule has 1 saturated carbocycles. The Morgan fingerprint density at radius 1 is 0.946 bits per heavy atom. The zero-order valence-electron chi connectivity index (χ0n) is 19.3. The van der Waals surface area contributed by atoms with Gasteiger partial charge in [-0.25, -0.2) is 27.5 Å². The normalized spacial score (nSPS) is 17.6. The summed E-state index contributed by atoms with van der Waals surface area (Å²) in [5.41, 5.74) is -1.39. The van der Waals surface area contributed by atoms with Crippen LogP contribution in [0.5, 0.6) is 5.75 Å². The molecule has 0 aliphatic heterocycles. The molecule has 4 aromatic rings. The van der Waals surface area contributed by atoms with Crippen LogP contribution in [0.15, 0.2) is 64.3 Å². The van der Waals surface area contributed by atoms with E-state index in [9.17, 15) is 32.7 Å². The van der Waals surface area contributed by atoms with Crippen LogP contribution in [0.1, 0.15) is 42.1 Å². The molecule has 0 radical (unpaired) electrons. The van der Waals surface area contributed by atoms with Gasteiger partial charge in [0, 0.05) is 23.7 Å². The van der Waals surface area contributed by atoms with Gasteiger partial charge in [-0.3, -0.25) is 14.2 Å². The highest BCUT2D eigenvalue weighted by Gasteiger charge is 2.28. The molecule has 11 heteroatoms. The number of carbonyl (C=O) groups excluding carboxylic acids is 1. The number of hydrogen-bond donors (Lipinski definition) is 2. The number of nitrogens with zero attached hydrogens (tertiary/aromatic N) is 3. The van der Waals surface area contributed by atoms with Gasteiger partial charge in [0.1, 0.15) is 11.6 Å². The highest BCUT2D eigenvalue weighted by Crippen LogP contribution is 2.28. The van der Waals surface area contributed by atoms with Gasteiger partial charge in [0.2, 0.25) is 0 Å². The van der Waals surface area contributed by atoms with Gasteiger partial charge in [-0.1, -0.05) is 0 Å². The lowest BCUT2D eigenvalue weighted by atomic mass is 9.90. The van der Waals surface area contributed by atoms with E-state index in [4.69, 9.17) is 0 Å². The van der Waals surface area contributed by atoms with Gasteiger partial charge in [0.05, 0.1) is 17.3 Å². The molecule has 37 heavy (non-hydrogen) atoms. The Balaban J connectivity index is 1.47. The molecular weight excluding hydrogens is 489 g/mol. The Kier molecular flexibility index (Phi) is 6.28. The highest BCUT2D eigenvalue weighted by atomic mass is 19.2. The summed E-state index contributed by atoms with van der Waals surface area (Å²) in [4.78, 5) is 43.2. The summed E-state index contributed by atoms with van der Waals surface area (Å²) >= 11 is 0. The fourth-order valence-corrected chi connectivity index (χ4v) is 4.72. The third-order valence-corrected chi connectivity index (χ3v) is 6.58. The Morgan fingerprint density at radius 3 is 2.32 bits per heavy atom. The number of aromatic nitrogens is 3. The van der Waals surface area contributed by atoms with Crippen LogP contribution in [0.2, 0.25) is 0 Å². The maximum absolute atomic E-state index is 14.0. The third kappa shape index (κ3) is 4.59. The molecule has 1 aliphatic carbocycles. The van der Waals surface area contributed by atoms with Crippen LogP contribution in [0.4, 0.5) is 13.2 Å². The van der Waals surface area contributed by atoms with Crippen molar-refractivity contribution >= 4 is 16.9 Å². The summed E-state index contributed by atoms with van der Waals surface area (Å²) in [5.74, 6) is -3.36. The number of phenols is 1. The van der Waals surface area contributed by atoms with Crippen molar-refractivity contribution in [1.82, 2.24) is 19.4 Å². The molecule has 0 unspecified atom stereocenters. The average molecular weight is 510 g/mol. The number of aromatic hydroxyl groups is 1. The van der Waals surface area contributed by atoms with Gasteiger partial charge in [-0.2, -0.15) is 0 Å². The summed E-state index contributed by atoms with van der Waals surface area (Å²) in [6.07, 6.45) is 2.49. The van der Waals surface area contributed by atoms with Gasteiger partial charge < -0.3 is 10.4 Å². The fourth-order valence-electron chi connectivity index (χ4n) is 4.72. The number of fused-ring (bicyclic) bond motifs is 1. The topological polar surface area (TPSA) is 106 Å². The summed E-state index contributed by atoms with van der Waals surface area (Å²) in [6, 6.07) is 8.84. The molecule has 190 valence electrons. The van der Waals surface area contributed by atoms with Crippen LogP contribution in [0, 0.1) is 17.5 Å². The number of carbonyl (C=O) groups is 1. The second-order valence-corrected chi connectivity index (χ2v) is 8.94. The lowest BCUT2D eigenvalue weighted by Gasteiger charge is -2.30. The summed E-state index contributed by atoms with van der Waals surface area (Å²) in [7, 11) is 0. The van der Waals surface area contributed by atoms with Crippen molar-refractivity contribution in [2.75, 3.05) is 0 Å². The van der Waals surface area contributed by atoms with E-state index in [1.54, 1.807) is 0 Å². The van der Waals surface area contributed by atoms with E-state index in [0.29, 0.717) is 31.2 Å². The van der Waals surface area contributed by atoms with Crippen LogP contribution < -0.4 is 16.6 Å². The first-order valence-corrected chi connectivity index (χ1v) is 11.6. The molecule has 2 heterocycles. The molecule has 0 spiro atoms. The number of phenolic OH excluding ortho intramolecular Hbond substituents is 1. The van der Waals surface area contributed by atoms with Crippen LogP contribution in [-0.2, 0) is 0 Å². The van der Waals surface area contributed by atoms with Crippen molar-refractivity contribution in [2.45, 2.75) is 37.8 Å². The molecule has 0 bridgehead atoms. The van der Waals surface area contributed by atoms with E-state index < -0.39 is 34.7 Å². The van der Waals surface area contributed by atoms with Crippen molar-refractivity contribution in [3.63, 3.8) is 0 Å². The molecule has 2 aromatic heterocycles. The molecule has 5 rings (SSSR count). The number of benzene rings is 2. The lowest BCUT2D eigenvalue weighted by molar-refractivity contribution is 0.0922.